The van der Waals surface area contributed by atoms with E-state index in [0.717, 1.165) is 43.6 Å². The van der Waals surface area contributed by atoms with Crippen LogP contribution in [0.1, 0.15) is 0 Å². The largest absolute Gasteiger partial charge is 0.423 e. The highest BCUT2D eigenvalue weighted by molar-refractivity contribution is 8.14. The number of aliphatic imine (C=N–C) groups is 1. The molecule has 1 aromatic heterocycles. The van der Waals surface area contributed by atoms with Crippen LogP contribution in [0, 0.1) is 5.82 Å². The first-order valence-corrected chi connectivity index (χ1v) is 8.84. The highest BCUT2D eigenvalue weighted by atomic mass is 32.2. The predicted octanol–water partition coefficient (Wildman–Crippen LogP) is 1.79. The SMILES string of the molecule is O=c1occn1-c1ccc(N2CCN(C3=NCCS3)CC2)c(F)c1. The standard InChI is InChI=1S/C16H17FN4O2S/c17-13-11-12(21-8-9-23-16(21)22)1-2-14(13)19-4-6-20(7-5-19)15-18-3-10-24-15/h1-2,8-9,11H,3-7,10H2. The van der Waals surface area contributed by atoms with Crippen molar-refractivity contribution < 1.29 is 8.81 Å². The molecule has 0 spiro atoms. The normalized spacial score (nSPS) is 18.1. The summed E-state index contributed by atoms with van der Waals surface area (Å²) in [6.45, 7) is 4.08. The quantitative estimate of drug-likeness (QED) is 0.828. The molecule has 2 aliphatic rings. The first kappa shape index (κ1) is 15.3. The van der Waals surface area contributed by atoms with E-state index < -0.39 is 5.76 Å². The van der Waals surface area contributed by atoms with Crippen LogP contribution in [0.3, 0.4) is 0 Å². The molecule has 0 radical (unpaired) electrons. The Hall–Kier alpha value is -2.22. The summed E-state index contributed by atoms with van der Waals surface area (Å²) < 4.78 is 20.5. The number of hydrogen-bond acceptors (Lipinski definition) is 6. The van der Waals surface area contributed by atoms with E-state index >= 15 is 0 Å². The number of hydrogen-bond donors (Lipinski definition) is 0. The number of anilines is 1. The summed E-state index contributed by atoms with van der Waals surface area (Å²) in [4.78, 5) is 20.3. The predicted molar refractivity (Wildman–Crippen MR) is 92.8 cm³/mol. The van der Waals surface area contributed by atoms with Crippen molar-refractivity contribution in [2.24, 2.45) is 4.99 Å². The van der Waals surface area contributed by atoms with Gasteiger partial charge in [0.15, 0.2) is 5.17 Å². The lowest BCUT2D eigenvalue weighted by Gasteiger charge is -2.37. The molecule has 0 aliphatic carbocycles. The van der Waals surface area contributed by atoms with Crippen molar-refractivity contribution in [3.8, 4) is 5.69 Å². The fourth-order valence-electron chi connectivity index (χ4n) is 3.01. The molecule has 0 unspecified atom stereocenters. The maximum Gasteiger partial charge on any atom is 0.423 e. The van der Waals surface area contributed by atoms with E-state index in [9.17, 15) is 9.18 Å². The molecular formula is C16H17FN4O2S. The third-order valence-electron chi connectivity index (χ3n) is 4.25. The summed E-state index contributed by atoms with van der Waals surface area (Å²) in [6.07, 6.45) is 2.77. The van der Waals surface area contributed by atoms with E-state index in [1.165, 1.54) is 23.1 Å². The number of aromatic nitrogens is 1. The Bertz CT molecular complexity index is 823. The van der Waals surface area contributed by atoms with Gasteiger partial charge >= 0.3 is 5.76 Å². The molecule has 4 rings (SSSR count). The summed E-state index contributed by atoms with van der Waals surface area (Å²) in [5, 5.41) is 1.12. The molecule has 24 heavy (non-hydrogen) atoms. The Morgan fingerprint density at radius 2 is 1.96 bits per heavy atom. The monoisotopic (exact) mass is 348 g/mol. The summed E-state index contributed by atoms with van der Waals surface area (Å²) in [5.74, 6) is 0.200. The molecule has 6 nitrogen and oxygen atoms in total. The third kappa shape index (κ3) is 2.82. The number of benzene rings is 1. The Morgan fingerprint density at radius 3 is 2.58 bits per heavy atom. The van der Waals surface area contributed by atoms with Gasteiger partial charge in [0, 0.05) is 38.0 Å². The zero-order valence-corrected chi connectivity index (χ0v) is 13.8. The fourth-order valence-corrected chi connectivity index (χ4v) is 3.93. The molecular weight excluding hydrogens is 331 g/mol. The van der Waals surface area contributed by atoms with Crippen molar-refractivity contribution in [2.75, 3.05) is 43.4 Å². The Kier molecular flexibility index (Phi) is 4.05. The lowest BCUT2D eigenvalue weighted by molar-refractivity contribution is 0.390. The molecule has 2 aliphatic heterocycles. The molecule has 0 saturated carbocycles. The first-order chi connectivity index (χ1) is 11.7. The van der Waals surface area contributed by atoms with Crippen LogP contribution in [-0.4, -0.2) is 53.1 Å². The molecule has 3 heterocycles. The highest BCUT2D eigenvalue weighted by Crippen LogP contribution is 2.24. The zero-order chi connectivity index (χ0) is 16.5. The van der Waals surface area contributed by atoms with E-state index in [-0.39, 0.29) is 5.82 Å². The molecule has 1 aromatic carbocycles. The van der Waals surface area contributed by atoms with Crippen LogP contribution >= 0.6 is 11.8 Å². The van der Waals surface area contributed by atoms with Gasteiger partial charge in [0.05, 0.1) is 24.1 Å². The van der Waals surface area contributed by atoms with Crippen LogP contribution in [0.5, 0.6) is 0 Å². The van der Waals surface area contributed by atoms with Crippen LogP contribution in [-0.2, 0) is 0 Å². The van der Waals surface area contributed by atoms with Crippen LogP contribution in [0.2, 0.25) is 0 Å². The van der Waals surface area contributed by atoms with Crippen LogP contribution < -0.4 is 10.7 Å². The number of nitrogens with zero attached hydrogens (tertiary/aromatic N) is 4. The van der Waals surface area contributed by atoms with E-state index in [1.54, 1.807) is 23.9 Å². The van der Waals surface area contributed by atoms with Gasteiger partial charge in [0.1, 0.15) is 12.1 Å². The average Bonchev–Trinajstić information content (AvgIpc) is 3.26. The van der Waals surface area contributed by atoms with Gasteiger partial charge in [0.2, 0.25) is 0 Å². The van der Waals surface area contributed by atoms with E-state index in [1.807, 2.05) is 4.90 Å². The van der Waals surface area contributed by atoms with Gasteiger partial charge < -0.3 is 14.2 Å². The maximum absolute atomic E-state index is 14.5. The van der Waals surface area contributed by atoms with Crippen molar-refractivity contribution in [3.05, 3.63) is 47.0 Å². The van der Waals surface area contributed by atoms with Crippen molar-refractivity contribution in [3.63, 3.8) is 0 Å². The van der Waals surface area contributed by atoms with Gasteiger partial charge in [-0.25, -0.2) is 13.8 Å². The van der Waals surface area contributed by atoms with Gasteiger partial charge in [-0.2, -0.15) is 0 Å². The molecule has 0 N–H and O–H groups in total. The Labute approximate surface area is 142 Å². The highest BCUT2D eigenvalue weighted by Gasteiger charge is 2.23. The number of thioether (sulfide) groups is 1. The topological polar surface area (TPSA) is 54.0 Å². The van der Waals surface area contributed by atoms with E-state index in [2.05, 4.69) is 9.89 Å². The fraction of sp³-hybridized carbons (Fsp3) is 0.375. The minimum Gasteiger partial charge on any atom is -0.416 e. The summed E-state index contributed by atoms with van der Waals surface area (Å²) >= 11 is 1.79. The van der Waals surface area contributed by atoms with E-state index in [4.69, 9.17) is 4.42 Å². The molecule has 1 saturated heterocycles. The third-order valence-corrected chi connectivity index (χ3v) is 5.28. The van der Waals surface area contributed by atoms with Gasteiger partial charge in [-0.3, -0.25) is 4.99 Å². The number of rotatable bonds is 2. The summed E-state index contributed by atoms with van der Waals surface area (Å²) in [7, 11) is 0. The smallest absolute Gasteiger partial charge is 0.416 e. The van der Waals surface area contributed by atoms with Gasteiger partial charge in [0.25, 0.3) is 0 Å². The Balaban J connectivity index is 1.49. The minimum atomic E-state index is -0.523. The molecule has 0 bridgehead atoms. The summed E-state index contributed by atoms with van der Waals surface area (Å²) in [6, 6.07) is 4.83. The second-order valence-electron chi connectivity index (χ2n) is 5.66. The zero-order valence-electron chi connectivity index (χ0n) is 13.0. The Morgan fingerprint density at radius 1 is 1.17 bits per heavy atom. The number of oxazole rings is 1. The second-order valence-corrected chi connectivity index (χ2v) is 6.72. The number of amidine groups is 1. The van der Waals surface area contributed by atoms with Crippen molar-refractivity contribution in [1.82, 2.24) is 9.47 Å². The molecule has 0 amide bonds. The first-order valence-electron chi connectivity index (χ1n) is 7.85. The molecule has 1 fully saturated rings. The van der Waals surface area contributed by atoms with Crippen LogP contribution in [0.15, 0.2) is 44.9 Å². The number of halogens is 1. The molecule has 8 heteroatoms. The van der Waals surface area contributed by atoms with Gasteiger partial charge in [-0.05, 0) is 12.1 Å². The second kappa shape index (κ2) is 6.35. The van der Waals surface area contributed by atoms with Crippen LogP contribution in [0.25, 0.3) is 5.69 Å². The maximum atomic E-state index is 14.5. The van der Waals surface area contributed by atoms with Gasteiger partial charge in [-0.15, -0.1) is 0 Å². The van der Waals surface area contributed by atoms with E-state index in [0.29, 0.717) is 11.4 Å². The average molecular weight is 348 g/mol. The molecule has 2 aromatic rings. The van der Waals surface area contributed by atoms with Gasteiger partial charge in [-0.1, -0.05) is 11.8 Å². The lowest BCUT2D eigenvalue weighted by Crippen LogP contribution is -2.48. The molecule has 126 valence electrons. The summed E-state index contributed by atoms with van der Waals surface area (Å²) in [5.41, 5.74) is 1.03. The minimum absolute atomic E-state index is 0.332. The van der Waals surface area contributed by atoms with Crippen LogP contribution in [0.4, 0.5) is 10.1 Å². The van der Waals surface area contributed by atoms with Crippen molar-refractivity contribution in [2.45, 2.75) is 0 Å². The number of piperazine rings is 1. The van der Waals surface area contributed by atoms with Crippen molar-refractivity contribution in [1.29, 1.82) is 0 Å². The molecule has 0 atom stereocenters. The lowest BCUT2D eigenvalue weighted by atomic mass is 10.2. The van der Waals surface area contributed by atoms with Crippen molar-refractivity contribution >= 4 is 22.6 Å².